The fraction of sp³-hybridized carbons (Fsp3) is 0. The van der Waals surface area contributed by atoms with Crippen LogP contribution in [0.3, 0.4) is 0 Å². The molecule has 0 saturated heterocycles. The second-order valence-corrected chi connectivity index (χ2v) is 2.36. The summed E-state index contributed by atoms with van der Waals surface area (Å²) in [6, 6.07) is 6.29. The molecule has 0 aromatic heterocycles. The minimum atomic E-state index is -1.33. The molecule has 0 bridgehead atoms. The lowest BCUT2D eigenvalue weighted by Crippen LogP contribution is -2.28. The van der Waals surface area contributed by atoms with Crippen molar-refractivity contribution in [2.24, 2.45) is 0 Å². The Morgan fingerprint density at radius 2 is 1.83 bits per heavy atom. The van der Waals surface area contributed by atoms with Crippen LogP contribution in [0.5, 0.6) is 0 Å². The number of benzene rings is 1. The molecule has 1 amide bonds. The third kappa shape index (κ3) is 3.46. The third-order valence-corrected chi connectivity index (χ3v) is 1.34. The molecule has 0 atom stereocenters. The van der Waals surface area contributed by atoms with Crippen LogP contribution in [0.25, 0.3) is 0 Å². The monoisotopic (exact) mass is 206 g/mol. The highest BCUT2D eigenvalue weighted by atomic mass is 35.5. The average Bonchev–Trinajstić information content (AvgIpc) is 1.93. The lowest BCUT2D eigenvalue weighted by Gasteiger charge is -2.04. The SMILES string of the molecule is Cl.O=C([O-])Nc1ccc(Cl)cc1. The number of hydrogen-bond acceptors (Lipinski definition) is 2. The summed E-state index contributed by atoms with van der Waals surface area (Å²) in [6.45, 7) is 0. The first-order valence-corrected chi connectivity index (χ1v) is 3.30. The maximum absolute atomic E-state index is 10.00. The van der Waals surface area contributed by atoms with Crippen LogP contribution in [0.1, 0.15) is 0 Å². The molecular formula is C7H6Cl2NO2-. The van der Waals surface area contributed by atoms with Crippen LogP contribution in [0.4, 0.5) is 10.5 Å². The van der Waals surface area contributed by atoms with Gasteiger partial charge in [0.25, 0.3) is 0 Å². The van der Waals surface area contributed by atoms with Crippen molar-refractivity contribution >= 4 is 35.8 Å². The molecule has 1 aromatic carbocycles. The normalized spacial score (nSPS) is 8.42. The van der Waals surface area contributed by atoms with E-state index in [1.54, 1.807) is 24.3 Å². The lowest BCUT2D eigenvalue weighted by molar-refractivity contribution is -0.242. The molecule has 0 fully saturated rings. The number of halogens is 2. The topological polar surface area (TPSA) is 52.2 Å². The van der Waals surface area contributed by atoms with Crippen LogP contribution in [0.15, 0.2) is 24.3 Å². The van der Waals surface area contributed by atoms with E-state index in [0.29, 0.717) is 10.7 Å². The molecule has 0 spiro atoms. The molecular weight excluding hydrogens is 201 g/mol. The van der Waals surface area contributed by atoms with Gasteiger partial charge in [-0.1, -0.05) is 11.6 Å². The van der Waals surface area contributed by atoms with E-state index in [9.17, 15) is 9.90 Å². The fourth-order valence-electron chi connectivity index (χ4n) is 0.651. The van der Waals surface area contributed by atoms with E-state index >= 15 is 0 Å². The van der Waals surface area contributed by atoms with Crippen LogP contribution >= 0.6 is 24.0 Å². The van der Waals surface area contributed by atoms with Gasteiger partial charge in [-0.3, -0.25) is 0 Å². The summed E-state index contributed by atoms with van der Waals surface area (Å²) in [4.78, 5) is 10.00. The maximum Gasteiger partial charge on any atom is 0.138 e. The molecule has 0 aliphatic carbocycles. The van der Waals surface area contributed by atoms with Crippen LogP contribution in [0, 0.1) is 0 Å². The summed E-state index contributed by atoms with van der Waals surface area (Å²) >= 11 is 5.56. The van der Waals surface area contributed by atoms with Gasteiger partial charge >= 0.3 is 0 Å². The van der Waals surface area contributed by atoms with Gasteiger partial charge in [0.2, 0.25) is 0 Å². The van der Waals surface area contributed by atoms with Gasteiger partial charge in [0.05, 0.1) is 0 Å². The average molecular weight is 207 g/mol. The standard InChI is InChI=1S/C7H6ClNO2.ClH/c8-5-1-3-6(4-2-5)9-7(10)11;/h1-4,9H,(H,10,11);1H/p-1. The number of anilines is 1. The largest absolute Gasteiger partial charge is 0.530 e. The highest BCUT2D eigenvalue weighted by Crippen LogP contribution is 2.12. The van der Waals surface area contributed by atoms with Gasteiger partial charge in [-0.15, -0.1) is 12.4 Å². The number of carboxylic acid groups (broad SMARTS) is 1. The van der Waals surface area contributed by atoms with E-state index in [0.717, 1.165) is 0 Å². The quantitative estimate of drug-likeness (QED) is 0.758. The van der Waals surface area contributed by atoms with Crippen LogP contribution in [-0.2, 0) is 0 Å². The van der Waals surface area contributed by atoms with Crippen molar-refractivity contribution in [3.8, 4) is 0 Å². The number of carbonyl (C=O) groups excluding carboxylic acids is 1. The zero-order valence-corrected chi connectivity index (χ0v) is 7.48. The third-order valence-electron chi connectivity index (χ3n) is 1.09. The number of rotatable bonds is 1. The Morgan fingerprint density at radius 1 is 1.33 bits per heavy atom. The zero-order valence-electron chi connectivity index (χ0n) is 5.91. The summed E-state index contributed by atoms with van der Waals surface area (Å²) in [6.07, 6.45) is -1.33. The van der Waals surface area contributed by atoms with Crippen LogP contribution in [-0.4, -0.2) is 6.09 Å². The molecule has 1 N–H and O–H groups in total. The Hall–Kier alpha value is -0.930. The van der Waals surface area contributed by atoms with Gasteiger partial charge in [0.1, 0.15) is 6.09 Å². The van der Waals surface area contributed by atoms with Crippen molar-refractivity contribution in [1.29, 1.82) is 0 Å². The van der Waals surface area contributed by atoms with Crippen LogP contribution < -0.4 is 10.4 Å². The van der Waals surface area contributed by atoms with Crippen molar-refractivity contribution < 1.29 is 9.90 Å². The smallest absolute Gasteiger partial charge is 0.138 e. The summed E-state index contributed by atoms with van der Waals surface area (Å²) in [5.41, 5.74) is 0.453. The second-order valence-electron chi connectivity index (χ2n) is 1.92. The minimum Gasteiger partial charge on any atom is -0.530 e. The molecule has 0 radical (unpaired) electrons. The molecule has 0 unspecified atom stereocenters. The first kappa shape index (κ1) is 11.1. The zero-order chi connectivity index (χ0) is 8.27. The first-order chi connectivity index (χ1) is 5.18. The number of amides is 1. The van der Waals surface area contributed by atoms with Gasteiger partial charge in [0.15, 0.2) is 0 Å². The highest BCUT2D eigenvalue weighted by Gasteiger charge is 1.89. The van der Waals surface area contributed by atoms with Gasteiger partial charge < -0.3 is 15.2 Å². The van der Waals surface area contributed by atoms with Crippen LogP contribution in [0.2, 0.25) is 5.02 Å². The summed E-state index contributed by atoms with van der Waals surface area (Å²) < 4.78 is 0. The predicted molar refractivity (Wildman–Crippen MR) is 47.7 cm³/mol. The molecule has 0 saturated carbocycles. The molecule has 5 heteroatoms. The molecule has 0 aliphatic heterocycles. The first-order valence-electron chi connectivity index (χ1n) is 2.92. The molecule has 0 heterocycles. The summed E-state index contributed by atoms with van der Waals surface area (Å²) in [5.74, 6) is 0. The van der Waals surface area contributed by atoms with E-state index in [1.807, 2.05) is 0 Å². The Labute approximate surface area is 80.8 Å². The summed E-state index contributed by atoms with van der Waals surface area (Å²) in [7, 11) is 0. The summed E-state index contributed by atoms with van der Waals surface area (Å²) in [5, 5.41) is 12.6. The van der Waals surface area contributed by atoms with Crippen molar-refractivity contribution in [1.82, 2.24) is 0 Å². The van der Waals surface area contributed by atoms with E-state index in [4.69, 9.17) is 11.6 Å². The van der Waals surface area contributed by atoms with Gasteiger partial charge in [-0.25, -0.2) is 0 Å². The van der Waals surface area contributed by atoms with E-state index < -0.39 is 6.09 Å². The van der Waals surface area contributed by atoms with E-state index in [-0.39, 0.29) is 12.4 Å². The van der Waals surface area contributed by atoms with Crippen molar-refractivity contribution in [2.75, 3.05) is 5.32 Å². The molecule has 66 valence electrons. The number of hydrogen-bond donors (Lipinski definition) is 1. The van der Waals surface area contributed by atoms with Gasteiger partial charge in [-0.2, -0.15) is 0 Å². The number of nitrogens with one attached hydrogen (secondary N) is 1. The second kappa shape index (κ2) is 4.85. The Bertz CT molecular complexity index is 261. The van der Waals surface area contributed by atoms with Gasteiger partial charge in [0, 0.05) is 10.7 Å². The molecule has 1 rings (SSSR count). The Kier molecular flexibility index (Phi) is 4.47. The molecule has 12 heavy (non-hydrogen) atoms. The van der Waals surface area contributed by atoms with Gasteiger partial charge in [-0.05, 0) is 24.3 Å². The predicted octanol–water partition coefficient (Wildman–Crippen LogP) is 1.52. The fourth-order valence-corrected chi connectivity index (χ4v) is 0.777. The molecule has 1 aromatic rings. The van der Waals surface area contributed by atoms with Crippen molar-refractivity contribution in [3.63, 3.8) is 0 Å². The van der Waals surface area contributed by atoms with E-state index in [2.05, 4.69) is 5.32 Å². The Balaban J connectivity index is 0.00000121. The molecule has 0 aliphatic rings. The van der Waals surface area contributed by atoms with Crippen molar-refractivity contribution in [3.05, 3.63) is 29.3 Å². The van der Waals surface area contributed by atoms with Crippen molar-refractivity contribution in [2.45, 2.75) is 0 Å². The minimum absolute atomic E-state index is 0. The number of carbonyl (C=O) groups is 1. The maximum atomic E-state index is 10.00. The Morgan fingerprint density at radius 3 is 2.25 bits per heavy atom. The van der Waals surface area contributed by atoms with E-state index in [1.165, 1.54) is 0 Å². The highest BCUT2D eigenvalue weighted by molar-refractivity contribution is 6.30. The molecule has 3 nitrogen and oxygen atoms in total. The lowest BCUT2D eigenvalue weighted by atomic mass is 10.3.